The number of nitrogens with zero attached hydrogens (tertiary/aromatic N) is 1. The van der Waals surface area contributed by atoms with E-state index in [9.17, 15) is 4.39 Å². The first-order chi connectivity index (χ1) is 7.59. The largest absolute Gasteiger partial charge is 0.397 e. The SMILES string of the molecule is Cc1cc(F)cc(C)c1-c1ccncc1N. The summed E-state index contributed by atoms with van der Waals surface area (Å²) in [7, 11) is 0. The van der Waals surface area contributed by atoms with Gasteiger partial charge in [0.2, 0.25) is 0 Å². The molecule has 2 N–H and O–H groups in total. The molecule has 0 unspecified atom stereocenters. The van der Waals surface area contributed by atoms with Crippen molar-refractivity contribution in [1.29, 1.82) is 0 Å². The Morgan fingerprint density at radius 2 is 1.81 bits per heavy atom. The van der Waals surface area contributed by atoms with Gasteiger partial charge < -0.3 is 5.73 Å². The molecule has 0 saturated carbocycles. The molecule has 0 spiro atoms. The Kier molecular flexibility index (Phi) is 2.60. The van der Waals surface area contributed by atoms with Crippen molar-refractivity contribution in [2.24, 2.45) is 0 Å². The van der Waals surface area contributed by atoms with Gasteiger partial charge in [-0.2, -0.15) is 0 Å². The number of rotatable bonds is 1. The van der Waals surface area contributed by atoms with Crippen LogP contribution in [0.5, 0.6) is 0 Å². The molecule has 0 aliphatic carbocycles. The van der Waals surface area contributed by atoms with Gasteiger partial charge in [0.25, 0.3) is 0 Å². The molecule has 2 rings (SSSR count). The summed E-state index contributed by atoms with van der Waals surface area (Å²) in [5, 5.41) is 0. The number of aromatic nitrogens is 1. The number of halogens is 1. The highest BCUT2D eigenvalue weighted by atomic mass is 19.1. The fourth-order valence-corrected chi connectivity index (χ4v) is 1.97. The van der Waals surface area contributed by atoms with E-state index in [-0.39, 0.29) is 5.82 Å². The minimum atomic E-state index is -0.216. The molecule has 1 aromatic carbocycles. The lowest BCUT2D eigenvalue weighted by molar-refractivity contribution is 0.625. The van der Waals surface area contributed by atoms with E-state index < -0.39 is 0 Å². The minimum Gasteiger partial charge on any atom is -0.397 e. The molecule has 0 bridgehead atoms. The molecule has 0 amide bonds. The van der Waals surface area contributed by atoms with Crippen LogP contribution in [0, 0.1) is 19.7 Å². The number of aryl methyl sites for hydroxylation is 2. The first kappa shape index (κ1) is 10.6. The molecule has 1 heterocycles. The highest BCUT2D eigenvalue weighted by Gasteiger charge is 2.10. The van der Waals surface area contributed by atoms with Crippen LogP contribution in [-0.4, -0.2) is 4.98 Å². The van der Waals surface area contributed by atoms with Crippen LogP contribution < -0.4 is 5.73 Å². The molecule has 0 radical (unpaired) electrons. The van der Waals surface area contributed by atoms with Crippen molar-refractivity contribution >= 4 is 5.69 Å². The van der Waals surface area contributed by atoms with Gasteiger partial charge in [0.05, 0.1) is 11.9 Å². The fourth-order valence-electron chi connectivity index (χ4n) is 1.97. The van der Waals surface area contributed by atoms with E-state index in [4.69, 9.17) is 5.73 Å². The zero-order chi connectivity index (χ0) is 11.7. The maximum absolute atomic E-state index is 13.2. The quantitative estimate of drug-likeness (QED) is 0.795. The number of nitrogen functional groups attached to an aromatic ring is 1. The van der Waals surface area contributed by atoms with Gasteiger partial charge in [0.1, 0.15) is 5.82 Å². The zero-order valence-corrected chi connectivity index (χ0v) is 9.29. The van der Waals surface area contributed by atoms with Gasteiger partial charge in [0, 0.05) is 11.8 Å². The van der Waals surface area contributed by atoms with Crippen molar-refractivity contribution in [3.05, 3.63) is 47.5 Å². The van der Waals surface area contributed by atoms with Crippen LogP contribution in [-0.2, 0) is 0 Å². The average molecular weight is 216 g/mol. The van der Waals surface area contributed by atoms with E-state index in [2.05, 4.69) is 4.98 Å². The smallest absolute Gasteiger partial charge is 0.123 e. The molecule has 16 heavy (non-hydrogen) atoms. The molecule has 0 aliphatic heterocycles. The summed E-state index contributed by atoms with van der Waals surface area (Å²) in [6, 6.07) is 4.88. The van der Waals surface area contributed by atoms with Crippen LogP contribution in [0.15, 0.2) is 30.6 Å². The topological polar surface area (TPSA) is 38.9 Å². The second-order valence-corrected chi connectivity index (χ2v) is 3.88. The Morgan fingerprint density at radius 3 is 2.38 bits per heavy atom. The Balaban J connectivity index is 2.70. The van der Waals surface area contributed by atoms with Crippen molar-refractivity contribution in [1.82, 2.24) is 4.98 Å². The van der Waals surface area contributed by atoms with Crippen molar-refractivity contribution in [2.45, 2.75) is 13.8 Å². The number of nitrogens with two attached hydrogens (primary N) is 1. The zero-order valence-electron chi connectivity index (χ0n) is 9.29. The van der Waals surface area contributed by atoms with Gasteiger partial charge in [-0.3, -0.25) is 4.98 Å². The first-order valence-electron chi connectivity index (χ1n) is 5.06. The maximum Gasteiger partial charge on any atom is 0.123 e. The summed E-state index contributed by atoms with van der Waals surface area (Å²) in [6.07, 6.45) is 3.30. The average Bonchev–Trinajstić information content (AvgIpc) is 2.19. The lowest BCUT2D eigenvalue weighted by Gasteiger charge is -2.12. The third kappa shape index (κ3) is 1.76. The second-order valence-electron chi connectivity index (χ2n) is 3.88. The third-order valence-corrected chi connectivity index (χ3v) is 2.62. The van der Waals surface area contributed by atoms with Crippen LogP contribution >= 0.6 is 0 Å². The van der Waals surface area contributed by atoms with Crippen molar-refractivity contribution in [2.75, 3.05) is 5.73 Å². The summed E-state index contributed by atoms with van der Waals surface area (Å²) in [5.41, 5.74) is 10.1. The molecule has 2 aromatic rings. The van der Waals surface area contributed by atoms with Gasteiger partial charge >= 0.3 is 0 Å². The number of benzene rings is 1. The van der Waals surface area contributed by atoms with E-state index in [1.807, 2.05) is 19.9 Å². The molecule has 0 saturated heterocycles. The molecular formula is C13H13FN2. The third-order valence-electron chi connectivity index (χ3n) is 2.62. The number of hydrogen-bond acceptors (Lipinski definition) is 2. The van der Waals surface area contributed by atoms with Gasteiger partial charge in [-0.05, 0) is 48.7 Å². The lowest BCUT2D eigenvalue weighted by atomic mass is 9.95. The van der Waals surface area contributed by atoms with Crippen LogP contribution in [0.1, 0.15) is 11.1 Å². The van der Waals surface area contributed by atoms with Gasteiger partial charge in [-0.1, -0.05) is 0 Å². The highest BCUT2D eigenvalue weighted by molar-refractivity contribution is 5.79. The first-order valence-corrected chi connectivity index (χ1v) is 5.06. The predicted molar refractivity (Wildman–Crippen MR) is 63.5 cm³/mol. The Labute approximate surface area is 93.9 Å². The van der Waals surface area contributed by atoms with E-state index in [1.165, 1.54) is 12.1 Å². The molecule has 0 aliphatic rings. The Morgan fingerprint density at radius 1 is 1.19 bits per heavy atom. The van der Waals surface area contributed by atoms with Crippen molar-refractivity contribution < 1.29 is 4.39 Å². The standard InChI is InChI=1S/C13H13FN2/c1-8-5-10(14)6-9(2)13(8)11-3-4-16-7-12(11)15/h3-7H,15H2,1-2H3. The summed E-state index contributed by atoms with van der Waals surface area (Å²) < 4.78 is 13.2. The van der Waals surface area contributed by atoms with E-state index in [0.29, 0.717) is 5.69 Å². The maximum atomic E-state index is 13.2. The minimum absolute atomic E-state index is 0.216. The Hall–Kier alpha value is -1.90. The summed E-state index contributed by atoms with van der Waals surface area (Å²) >= 11 is 0. The Bertz CT molecular complexity index is 512. The number of hydrogen-bond donors (Lipinski definition) is 1. The van der Waals surface area contributed by atoms with Crippen LogP contribution in [0.3, 0.4) is 0 Å². The van der Waals surface area contributed by atoms with E-state index >= 15 is 0 Å². The molecule has 2 nitrogen and oxygen atoms in total. The summed E-state index contributed by atoms with van der Waals surface area (Å²) in [6.45, 7) is 3.76. The van der Waals surface area contributed by atoms with Gasteiger partial charge in [-0.15, -0.1) is 0 Å². The number of anilines is 1. The van der Waals surface area contributed by atoms with Crippen LogP contribution in [0.25, 0.3) is 11.1 Å². The fraction of sp³-hybridized carbons (Fsp3) is 0.154. The van der Waals surface area contributed by atoms with E-state index in [0.717, 1.165) is 22.3 Å². The lowest BCUT2D eigenvalue weighted by Crippen LogP contribution is -1.95. The summed E-state index contributed by atoms with van der Waals surface area (Å²) in [5.74, 6) is -0.216. The van der Waals surface area contributed by atoms with Crippen molar-refractivity contribution in [3.63, 3.8) is 0 Å². The summed E-state index contributed by atoms with van der Waals surface area (Å²) in [4.78, 5) is 3.95. The van der Waals surface area contributed by atoms with E-state index in [1.54, 1.807) is 12.4 Å². The van der Waals surface area contributed by atoms with Crippen molar-refractivity contribution in [3.8, 4) is 11.1 Å². The van der Waals surface area contributed by atoms with Gasteiger partial charge in [-0.25, -0.2) is 4.39 Å². The molecule has 3 heteroatoms. The number of pyridine rings is 1. The van der Waals surface area contributed by atoms with Crippen LogP contribution in [0.2, 0.25) is 0 Å². The highest BCUT2D eigenvalue weighted by Crippen LogP contribution is 2.31. The second kappa shape index (κ2) is 3.93. The predicted octanol–water partition coefficient (Wildman–Crippen LogP) is 3.09. The molecule has 82 valence electrons. The van der Waals surface area contributed by atoms with Crippen LogP contribution in [0.4, 0.5) is 10.1 Å². The molecular weight excluding hydrogens is 203 g/mol. The molecule has 1 aromatic heterocycles. The molecule has 0 atom stereocenters. The van der Waals surface area contributed by atoms with Gasteiger partial charge in [0.15, 0.2) is 0 Å². The normalized spacial score (nSPS) is 10.4. The monoisotopic (exact) mass is 216 g/mol. The molecule has 0 fully saturated rings.